The van der Waals surface area contributed by atoms with Gasteiger partial charge in [-0.2, -0.15) is 4.98 Å². The average molecular weight is 469 g/mol. The number of pyridine rings is 1. The van der Waals surface area contributed by atoms with Gasteiger partial charge in [-0.25, -0.2) is 4.68 Å². The summed E-state index contributed by atoms with van der Waals surface area (Å²) < 4.78 is 7.62. The molecule has 0 radical (unpaired) electrons. The number of nitrogens with zero attached hydrogens (tertiary/aromatic N) is 4. The minimum absolute atomic E-state index is 0.159. The summed E-state index contributed by atoms with van der Waals surface area (Å²) in [5.74, 6) is 1.50. The van der Waals surface area contributed by atoms with Crippen molar-refractivity contribution in [2.45, 2.75) is 19.9 Å². The molecule has 1 aliphatic heterocycles. The maximum atomic E-state index is 13.6. The normalized spacial score (nSPS) is 14.7. The van der Waals surface area contributed by atoms with E-state index in [1.54, 1.807) is 53.5 Å². The Morgan fingerprint density at radius 3 is 2.69 bits per heavy atom. The smallest absolute Gasteiger partial charge is 0.255 e. The van der Waals surface area contributed by atoms with Crippen LogP contribution >= 0.6 is 0 Å². The highest BCUT2D eigenvalue weighted by Crippen LogP contribution is 2.40. The summed E-state index contributed by atoms with van der Waals surface area (Å²) in [6, 6.07) is 17.2. The summed E-state index contributed by atoms with van der Waals surface area (Å²) in [6.45, 7) is 4.23. The van der Waals surface area contributed by atoms with Crippen LogP contribution in [-0.4, -0.2) is 37.4 Å². The number of phenolic OH excluding ortho intramolecular Hbond substituents is 1. The lowest BCUT2D eigenvalue weighted by atomic mass is 9.94. The van der Waals surface area contributed by atoms with Crippen LogP contribution in [0.25, 0.3) is 11.4 Å². The summed E-state index contributed by atoms with van der Waals surface area (Å²) in [5.41, 5.74) is 3.25. The average Bonchev–Trinajstić information content (AvgIpc) is 3.28. The predicted octanol–water partition coefficient (Wildman–Crippen LogP) is 4.37. The van der Waals surface area contributed by atoms with E-state index in [0.717, 1.165) is 11.1 Å². The molecule has 1 aliphatic rings. The van der Waals surface area contributed by atoms with Crippen LogP contribution in [0.5, 0.6) is 11.5 Å². The van der Waals surface area contributed by atoms with Crippen LogP contribution in [0.15, 0.2) is 84.3 Å². The lowest BCUT2D eigenvalue weighted by molar-refractivity contribution is -0.113. The van der Waals surface area contributed by atoms with Crippen LogP contribution in [0.4, 0.5) is 11.6 Å². The Bertz CT molecular complexity index is 1400. The number of anilines is 2. The second kappa shape index (κ2) is 9.30. The standard InChI is InChI=1S/C26H24N6O3/c1-3-35-21-9-5-4-8-20(21)23-22(25(34)29-18-7-6-14-27-15-18)16(2)28-26-30-24(31-32(23)26)17-10-12-19(33)13-11-17/h4-15,23,33H,3H2,1-2H3,(H,29,34)(H,28,30,31). The quantitative estimate of drug-likeness (QED) is 0.385. The molecule has 0 fully saturated rings. The molecule has 5 rings (SSSR count). The van der Waals surface area contributed by atoms with Gasteiger partial charge in [-0.05, 0) is 56.3 Å². The third kappa shape index (κ3) is 4.31. The molecule has 2 aromatic carbocycles. The number of nitrogens with one attached hydrogen (secondary N) is 2. The molecule has 1 atom stereocenters. The highest BCUT2D eigenvalue weighted by atomic mass is 16.5. The number of phenols is 1. The van der Waals surface area contributed by atoms with Crippen molar-refractivity contribution in [1.29, 1.82) is 0 Å². The van der Waals surface area contributed by atoms with Gasteiger partial charge in [0.05, 0.1) is 24.1 Å². The number of amides is 1. The van der Waals surface area contributed by atoms with Crippen LogP contribution in [0, 0.1) is 0 Å². The first-order chi connectivity index (χ1) is 17.0. The fourth-order valence-electron chi connectivity index (χ4n) is 4.09. The number of para-hydroxylation sites is 1. The maximum Gasteiger partial charge on any atom is 0.255 e. The Hall–Kier alpha value is -4.66. The first-order valence-corrected chi connectivity index (χ1v) is 11.2. The Kier molecular flexibility index (Phi) is 5.88. The van der Waals surface area contributed by atoms with Crippen molar-refractivity contribution >= 4 is 17.5 Å². The molecule has 2 aromatic heterocycles. The molecule has 9 nitrogen and oxygen atoms in total. The van der Waals surface area contributed by atoms with Gasteiger partial charge < -0.3 is 20.5 Å². The summed E-state index contributed by atoms with van der Waals surface area (Å²) in [5, 5.41) is 20.6. The zero-order valence-corrected chi connectivity index (χ0v) is 19.3. The van der Waals surface area contributed by atoms with Gasteiger partial charge in [-0.3, -0.25) is 9.78 Å². The van der Waals surface area contributed by atoms with Crippen LogP contribution in [-0.2, 0) is 4.79 Å². The molecule has 9 heteroatoms. The van der Waals surface area contributed by atoms with E-state index < -0.39 is 6.04 Å². The van der Waals surface area contributed by atoms with Gasteiger partial charge in [0, 0.05) is 23.0 Å². The molecule has 3 heterocycles. The molecular weight excluding hydrogens is 444 g/mol. The van der Waals surface area contributed by atoms with E-state index in [4.69, 9.17) is 9.84 Å². The molecule has 4 aromatic rings. The zero-order valence-electron chi connectivity index (χ0n) is 19.3. The molecular formula is C26H24N6O3. The fraction of sp³-hybridized carbons (Fsp3) is 0.154. The highest BCUT2D eigenvalue weighted by Gasteiger charge is 2.36. The Balaban J connectivity index is 1.63. The van der Waals surface area contributed by atoms with Gasteiger partial charge in [0.2, 0.25) is 5.95 Å². The molecule has 176 valence electrons. The van der Waals surface area contributed by atoms with Crippen molar-refractivity contribution in [3.05, 3.63) is 89.9 Å². The number of hydrogen-bond acceptors (Lipinski definition) is 7. The molecule has 1 amide bonds. The van der Waals surface area contributed by atoms with E-state index in [9.17, 15) is 9.90 Å². The van der Waals surface area contributed by atoms with Crippen molar-refractivity contribution in [2.24, 2.45) is 0 Å². The number of hydrogen-bond donors (Lipinski definition) is 3. The number of benzene rings is 2. The fourth-order valence-corrected chi connectivity index (χ4v) is 4.09. The van der Waals surface area contributed by atoms with Crippen LogP contribution in [0.3, 0.4) is 0 Å². The monoisotopic (exact) mass is 468 g/mol. The molecule has 0 bridgehead atoms. The van der Waals surface area contributed by atoms with E-state index >= 15 is 0 Å². The van der Waals surface area contributed by atoms with Crippen molar-refractivity contribution in [1.82, 2.24) is 19.7 Å². The van der Waals surface area contributed by atoms with Gasteiger partial charge in [0.1, 0.15) is 17.5 Å². The Morgan fingerprint density at radius 2 is 1.94 bits per heavy atom. The molecule has 0 saturated carbocycles. The molecule has 3 N–H and O–H groups in total. The number of ether oxygens (including phenoxy) is 1. The van der Waals surface area contributed by atoms with Crippen molar-refractivity contribution < 1.29 is 14.6 Å². The summed E-state index contributed by atoms with van der Waals surface area (Å²) in [6.07, 6.45) is 3.24. The van der Waals surface area contributed by atoms with Gasteiger partial charge >= 0.3 is 0 Å². The van der Waals surface area contributed by atoms with Crippen molar-refractivity contribution in [3.63, 3.8) is 0 Å². The summed E-state index contributed by atoms with van der Waals surface area (Å²) >= 11 is 0. The number of aromatic nitrogens is 4. The van der Waals surface area contributed by atoms with Crippen molar-refractivity contribution in [2.75, 3.05) is 17.2 Å². The molecule has 0 spiro atoms. The van der Waals surface area contributed by atoms with Crippen molar-refractivity contribution in [3.8, 4) is 22.9 Å². The van der Waals surface area contributed by atoms with E-state index in [1.807, 2.05) is 38.1 Å². The number of aromatic hydroxyl groups is 1. The van der Waals surface area contributed by atoms with Gasteiger partial charge in [0.15, 0.2) is 5.82 Å². The SMILES string of the molecule is CCOc1ccccc1C1C(C(=O)Nc2cccnc2)=C(C)Nc2nc(-c3ccc(O)cc3)nn21. The summed E-state index contributed by atoms with van der Waals surface area (Å²) in [4.78, 5) is 22.3. The minimum Gasteiger partial charge on any atom is -0.508 e. The third-order valence-corrected chi connectivity index (χ3v) is 5.66. The second-order valence-electron chi connectivity index (χ2n) is 7.98. The predicted molar refractivity (Wildman–Crippen MR) is 132 cm³/mol. The third-order valence-electron chi connectivity index (χ3n) is 5.66. The second-order valence-corrected chi connectivity index (χ2v) is 7.98. The Morgan fingerprint density at radius 1 is 1.14 bits per heavy atom. The molecule has 0 aliphatic carbocycles. The van der Waals surface area contributed by atoms with E-state index in [2.05, 4.69) is 20.6 Å². The van der Waals surface area contributed by atoms with Gasteiger partial charge in [-0.15, -0.1) is 5.10 Å². The molecule has 1 unspecified atom stereocenters. The number of fused-ring (bicyclic) bond motifs is 1. The number of rotatable bonds is 6. The number of carbonyl (C=O) groups is 1. The van der Waals surface area contributed by atoms with E-state index in [1.165, 1.54) is 0 Å². The lowest BCUT2D eigenvalue weighted by Gasteiger charge is -2.29. The minimum atomic E-state index is -0.593. The largest absolute Gasteiger partial charge is 0.508 e. The Labute approximate surface area is 202 Å². The van der Waals surface area contributed by atoms with Gasteiger partial charge in [0.25, 0.3) is 5.91 Å². The van der Waals surface area contributed by atoms with E-state index in [-0.39, 0.29) is 11.7 Å². The highest BCUT2D eigenvalue weighted by molar-refractivity contribution is 6.06. The first-order valence-electron chi connectivity index (χ1n) is 11.2. The first kappa shape index (κ1) is 22.1. The number of carbonyl (C=O) groups excluding carboxylic acids is 1. The molecule has 35 heavy (non-hydrogen) atoms. The lowest BCUT2D eigenvalue weighted by Crippen LogP contribution is -2.31. The van der Waals surface area contributed by atoms with E-state index in [0.29, 0.717) is 41.1 Å². The van der Waals surface area contributed by atoms with Crippen LogP contribution in [0.2, 0.25) is 0 Å². The topological polar surface area (TPSA) is 114 Å². The maximum absolute atomic E-state index is 13.6. The zero-order chi connectivity index (χ0) is 24.4. The van der Waals surface area contributed by atoms with Gasteiger partial charge in [-0.1, -0.05) is 18.2 Å². The number of allylic oxidation sites excluding steroid dienone is 1. The summed E-state index contributed by atoms with van der Waals surface area (Å²) in [7, 11) is 0. The van der Waals surface area contributed by atoms with Crippen LogP contribution in [0.1, 0.15) is 25.5 Å². The van der Waals surface area contributed by atoms with Crippen LogP contribution < -0.4 is 15.4 Å². The molecule has 0 saturated heterocycles.